The van der Waals surface area contributed by atoms with Gasteiger partial charge in [-0.05, 0) is 42.7 Å². The Morgan fingerprint density at radius 2 is 2.28 bits per heavy atom. The van der Waals surface area contributed by atoms with Crippen LogP contribution >= 0.6 is 0 Å². The largest absolute Gasteiger partial charge is 0.376 e. The summed E-state index contributed by atoms with van der Waals surface area (Å²) in [5.74, 6) is 0.163. The number of benzene rings is 1. The fraction of sp³-hybridized carbons (Fsp3) is 0.400. The molecule has 2 aliphatic heterocycles. The maximum atomic E-state index is 11.4. The third kappa shape index (κ3) is 3.30. The smallest absolute Gasteiger partial charge is 0.346 e. The molecule has 2 amide bonds. The Kier molecular flexibility index (Phi) is 4.27. The number of amides is 2. The van der Waals surface area contributed by atoms with E-state index in [4.69, 9.17) is 4.74 Å². The minimum atomic E-state index is -0.279. The molecule has 0 bridgehead atoms. The second-order valence-corrected chi connectivity index (χ2v) is 6.94. The average Bonchev–Trinajstić information content (AvgIpc) is 2.96. The Bertz CT molecular complexity index is 794. The zero-order valence-electron chi connectivity index (χ0n) is 14.7. The molecule has 1 N–H and O–H groups in total. The molecule has 2 unspecified atom stereocenters. The summed E-state index contributed by atoms with van der Waals surface area (Å²) < 4.78 is 5.64. The van der Waals surface area contributed by atoms with E-state index in [1.807, 2.05) is 6.08 Å². The molecule has 5 heteroatoms. The number of carbonyl (C=O) groups excluding carboxylic acids is 1. The van der Waals surface area contributed by atoms with E-state index in [-0.39, 0.29) is 11.9 Å². The van der Waals surface area contributed by atoms with Crippen LogP contribution in [0.4, 0.5) is 4.79 Å². The van der Waals surface area contributed by atoms with Crippen molar-refractivity contribution < 1.29 is 9.53 Å². The number of carbonyl (C=O) groups is 1. The fourth-order valence-corrected chi connectivity index (χ4v) is 3.77. The van der Waals surface area contributed by atoms with Gasteiger partial charge in [-0.25, -0.2) is 4.79 Å². The lowest BCUT2D eigenvalue weighted by atomic mass is 9.88. The first kappa shape index (κ1) is 16.2. The molecule has 130 valence electrons. The molecule has 1 aliphatic carbocycles. The van der Waals surface area contributed by atoms with Crippen LogP contribution in [0.15, 0.2) is 47.1 Å². The number of urea groups is 1. The summed E-state index contributed by atoms with van der Waals surface area (Å²) in [5, 5.41) is 2.81. The average molecular weight is 337 g/mol. The predicted octanol–water partition coefficient (Wildman–Crippen LogP) is 2.92. The fourth-order valence-electron chi connectivity index (χ4n) is 3.77. The third-order valence-corrected chi connectivity index (χ3v) is 5.11. The Balaban J connectivity index is 1.57. The highest BCUT2D eigenvalue weighted by molar-refractivity contribution is 6.19. The van der Waals surface area contributed by atoms with E-state index in [0.29, 0.717) is 6.10 Å². The SMILES string of the molecule is Cc1c(CN2CCOC(C)C2)cccc1C1C=CC2=NC(=O)NC2=C1. The van der Waals surface area contributed by atoms with E-state index in [0.717, 1.165) is 37.6 Å². The molecule has 0 saturated carbocycles. The van der Waals surface area contributed by atoms with Gasteiger partial charge >= 0.3 is 6.03 Å². The highest BCUT2D eigenvalue weighted by atomic mass is 16.5. The lowest BCUT2D eigenvalue weighted by molar-refractivity contribution is -0.0212. The van der Waals surface area contributed by atoms with Crippen LogP contribution in [0.1, 0.15) is 29.5 Å². The van der Waals surface area contributed by atoms with Gasteiger partial charge in [0.25, 0.3) is 0 Å². The number of morpholine rings is 1. The van der Waals surface area contributed by atoms with Gasteiger partial charge in [0.1, 0.15) is 0 Å². The van der Waals surface area contributed by atoms with E-state index in [1.54, 1.807) is 0 Å². The minimum absolute atomic E-state index is 0.163. The first-order valence-corrected chi connectivity index (χ1v) is 8.82. The molecule has 1 saturated heterocycles. The van der Waals surface area contributed by atoms with Gasteiger partial charge in [0.2, 0.25) is 0 Å². The monoisotopic (exact) mass is 337 g/mol. The molecule has 3 aliphatic rings. The molecular weight excluding hydrogens is 314 g/mol. The van der Waals surface area contributed by atoms with Crippen molar-refractivity contribution in [2.45, 2.75) is 32.4 Å². The van der Waals surface area contributed by atoms with Crippen LogP contribution in [0.5, 0.6) is 0 Å². The van der Waals surface area contributed by atoms with Gasteiger partial charge in [-0.15, -0.1) is 0 Å². The van der Waals surface area contributed by atoms with Crippen LogP contribution in [-0.4, -0.2) is 42.4 Å². The van der Waals surface area contributed by atoms with Crippen LogP contribution in [0.2, 0.25) is 0 Å². The van der Waals surface area contributed by atoms with Crippen molar-refractivity contribution >= 4 is 11.7 Å². The van der Waals surface area contributed by atoms with Crippen molar-refractivity contribution in [3.63, 3.8) is 0 Å². The molecule has 2 heterocycles. The number of nitrogens with one attached hydrogen (secondary N) is 1. The summed E-state index contributed by atoms with van der Waals surface area (Å²) in [6.45, 7) is 8.03. The third-order valence-electron chi connectivity index (χ3n) is 5.11. The van der Waals surface area contributed by atoms with Crippen molar-refractivity contribution in [2.75, 3.05) is 19.7 Å². The lowest BCUT2D eigenvalue weighted by Gasteiger charge is -2.31. The number of hydrogen-bond acceptors (Lipinski definition) is 3. The topological polar surface area (TPSA) is 53.9 Å². The summed E-state index contributed by atoms with van der Waals surface area (Å²) in [4.78, 5) is 17.8. The first-order valence-electron chi connectivity index (χ1n) is 8.82. The number of aliphatic imine (C=N–C) groups is 1. The first-order chi connectivity index (χ1) is 12.1. The highest BCUT2D eigenvalue weighted by Gasteiger charge is 2.24. The van der Waals surface area contributed by atoms with Crippen LogP contribution in [0, 0.1) is 6.92 Å². The van der Waals surface area contributed by atoms with E-state index >= 15 is 0 Å². The van der Waals surface area contributed by atoms with Crippen molar-refractivity contribution in [1.29, 1.82) is 0 Å². The number of allylic oxidation sites excluding steroid dienone is 3. The molecule has 1 aromatic rings. The Morgan fingerprint density at radius 3 is 3.12 bits per heavy atom. The summed E-state index contributed by atoms with van der Waals surface area (Å²) in [6, 6.07) is 6.23. The number of nitrogens with zero attached hydrogens (tertiary/aromatic N) is 2. The van der Waals surface area contributed by atoms with Crippen LogP contribution in [-0.2, 0) is 11.3 Å². The summed E-state index contributed by atoms with van der Waals surface area (Å²) in [6.07, 6.45) is 6.44. The Morgan fingerprint density at radius 1 is 1.40 bits per heavy atom. The Labute approximate surface area is 148 Å². The highest BCUT2D eigenvalue weighted by Crippen LogP contribution is 2.30. The van der Waals surface area contributed by atoms with Gasteiger partial charge in [0.05, 0.1) is 24.1 Å². The van der Waals surface area contributed by atoms with Crippen molar-refractivity contribution in [3.8, 4) is 0 Å². The van der Waals surface area contributed by atoms with Crippen molar-refractivity contribution in [3.05, 3.63) is 58.8 Å². The molecule has 1 aromatic carbocycles. The van der Waals surface area contributed by atoms with Gasteiger partial charge < -0.3 is 10.1 Å². The molecule has 0 spiro atoms. The molecule has 4 rings (SSSR count). The van der Waals surface area contributed by atoms with Crippen LogP contribution in [0.25, 0.3) is 0 Å². The van der Waals surface area contributed by atoms with Crippen molar-refractivity contribution in [2.24, 2.45) is 4.99 Å². The van der Waals surface area contributed by atoms with Gasteiger partial charge in [0.15, 0.2) is 0 Å². The number of fused-ring (bicyclic) bond motifs is 1. The van der Waals surface area contributed by atoms with E-state index in [1.165, 1.54) is 16.7 Å². The molecule has 0 aromatic heterocycles. The molecule has 25 heavy (non-hydrogen) atoms. The minimum Gasteiger partial charge on any atom is -0.376 e. The maximum absolute atomic E-state index is 11.4. The zero-order chi connectivity index (χ0) is 17.4. The second kappa shape index (κ2) is 6.58. The standard InChI is InChI=1S/C20H23N3O2/c1-13-11-23(8-9-25-13)12-16-4-3-5-17(14(16)2)15-6-7-18-19(10-15)22-20(24)21-18/h3-7,10,13,15H,8-9,11-12H2,1-2H3,(H,22,24). The van der Waals surface area contributed by atoms with Gasteiger partial charge in [0, 0.05) is 25.6 Å². The van der Waals surface area contributed by atoms with Crippen LogP contribution < -0.4 is 5.32 Å². The van der Waals surface area contributed by atoms with E-state index < -0.39 is 0 Å². The van der Waals surface area contributed by atoms with Crippen LogP contribution in [0.3, 0.4) is 0 Å². The molecular formula is C20H23N3O2. The predicted molar refractivity (Wildman–Crippen MR) is 97.8 cm³/mol. The number of rotatable bonds is 3. The van der Waals surface area contributed by atoms with Gasteiger partial charge in [-0.2, -0.15) is 4.99 Å². The summed E-state index contributed by atoms with van der Waals surface area (Å²) in [7, 11) is 0. The quantitative estimate of drug-likeness (QED) is 0.923. The van der Waals surface area contributed by atoms with Gasteiger partial charge in [-0.1, -0.05) is 24.3 Å². The zero-order valence-corrected chi connectivity index (χ0v) is 14.7. The summed E-state index contributed by atoms with van der Waals surface area (Å²) in [5.41, 5.74) is 5.51. The van der Waals surface area contributed by atoms with Crippen molar-refractivity contribution in [1.82, 2.24) is 10.2 Å². The number of ether oxygens (including phenoxy) is 1. The normalized spacial score (nSPS) is 26.1. The maximum Gasteiger partial charge on any atom is 0.346 e. The Hall–Kier alpha value is -2.24. The second-order valence-electron chi connectivity index (χ2n) is 6.94. The summed E-state index contributed by atoms with van der Waals surface area (Å²) >= 11 is 0. The molecule has 0 radical (unpaired) electrons. The van der Waals surface area contributed by atoms with E-state index in [9.17, 15) is 4.79 Å². The molecule has 2 atom stereocenters. The van der Waals surface area contributed by atoms with E-state index in [2.05, 4.69) is 59.4 Å². The lowest BCUT2D eigenvalue weighted by Crippen LogP contribution is -2.40. The molecule has 1 fully saturated rings. The number of hydrogen-bond donors (Lipinski definition) is 1. The van der Waals surface area contributed by atoms with Gasteiger partial charge in [-0.3, -0.25) is 4.90 Å². The molecule has 5 nitrogen and oxygen atoms in total.